The van der Waals surface area contributed by atoms with E-state index in [1.54, 1.807) is 18.2 Å². The molecule has 0 amide bonds. The van der Waals surface area contributed by atoms with Gasteiger partial charge in [-0.2, -0.15) is 0 Å². The molecule has 0 aliphatic heterocycles. The molecule has 2 rings (SSSR count). The summed E-state index contributed by atoms with van der Waals surface area (Å²) in [7, 11) is 0. The van der Waals surface area contributed by atoms with Crippen LogP contribution in [-0.4, -0.2) is 5.97 Å². The first kappa shape index (κ1) is 13.8. The summed E-state index contributed by atoms with van der Waals surface area (Å²) in [6.07, 6.45) is 0. The van der Waals surface area contributed by atoms with Crippen molar-refractivity contribution in [1.29, 1.82) is 0 Å². The highest BCUT2D eigenvalue weighted by Gasteiger charge is 2.11. The molecule has 2 aromatic carbocycles. The molecule has 0 spiro atoms. The Morgan fingerprint density at radius 3 is 2.21 bits per heavy atom. The fourth-order valence-electron chi connectivity index (χ4n) is 1.48. The van der Waals surface area contributed by atoms with Crippen molar-refractivity contribution in [3.63, 3.8) is 0 Å². The maximum absolute atomic E-state index is 12.7. The monoisotopic (exact) mass is 298 g/mol. The van der Waals surface area contributed by atoms with E-state index >= 15 is 0 Å². The minimum atomic E-state index is -0.559. The molecule has 0 aliphatic carbocycles. The van der Waals surface area contributed by atoms with E-state index in [9.17, 15) is 9.18 Å². The van der Waals surface area contributed by atoms with Gasteiger partial charge in [0.05, 0.1) is 5.56 Å². The lowest BCUT2D eigenvalue weighted by Gasteiger charge is -2.08. The number of rotatable bonds is 3. The quantitative estimate of drug-likeness (QED) is 0.781. The SMILES string of the molecule is O=C(OCc1c(Cl)cccc1Cl)c1ccc(F)cc1. The van der Waals surface area contributed by atoms with E-state index in [0.29, 0.717) is 15.6 Å². The van der Waals surface area contributed by atoms with Crippen LogP contribution >= 0.6 is 23.2 Å². The zero-order valence-corrected chi connectivity index (χ0v) is 11.2. The summed E-state index contributed by atoms with van der Waals surface area (Å²) >= 11 is 11.9. The molecule has 0 radical (unpaired) electrons. The third-order valence-corrected chi connectivity index (χ3v) is 3.20. The zero-order valence-electron chi connectivity index (χ0n) is 9.70. The van der Waals surface area contributed by atoms with Gasteiger partial charge < -0.3 is 4.74 Å². The molecule has 0 aromatic heterocycles. The Morgan fingerprint density at radius 2 is 1.63 bits per heavy atom. The normalized spacial score (nSPS) is 10.3. The second kappa shape index (κ2) is 6.04. The summed E-state index contributed by atoms with van der Waals surface area (Å²) in [6, 6.07) is 10.1. The van der Waals surface area contributed by atoms with E-state index < -0.39 is 11.8 Å². The van der Waals surface area contributed by atoms with Crippen LogP contribution in [0.4, 0.5) is 4.39 Å². The number of esters is 1. The van der Waals surface area contributed by atoms with Crippen molar-refractivity contribution in [3.05, 3.63) is 69.5 Å². The van der Waals surface area contributed by atoms with Crippen LogP contribution in [0.25, 0.3) is 0 Å². The van der Waals surface area contributed by atoms with Crippen LogP contribution in [0.1, 0.15) is 15.9 Å². The highest BCUT2D eigenvalue weighted by Crippen LogP contribution is 2.25. The minimum Gasteiger partial charge on any atom is -0.457 e. The third kappa shape index (κ3) is 3.46. The van der Waals surface area contributed by atoms with Gasteiger partial charge in [-0.1, -0.05) is 29.3 Å². The number of halogens is 3. The fraction of sp³-hybridized carbons (Fsp3) is 0.0714. The van der Waals surface area contributed by atoms with Crippen molar-refractivity contribution in [3.8, 4) is 0 Å². The average Bonchev–Trinajstić information content (AvgIpc) is 2.38. The van der Waals surface area contributed by atoms with Gasteiger partial charge >= 0.3 is 5.97 Å². The number of hydrogen-bond acceptors (Lipinski definition) is 2. The molecule has 19 heavy (non-hydrogen) atoms. The first-order valence-electron chi connectivity index (χ1n) is 5.43. The van der Waals surface area contributed by atoms with E-state index in [1.807, 2.05) is 0 Å². The Hall–Kier alpha value is -1.58. The second-order valence-electron chi connectivity index (χ2n) is 3.78. The predicted molar refractivity (Wildman–Crippen MR) is 72.0 cm³/mol. The average molecular weight is 299 g/mol. The Labute approximate surface area is 119 Å². The van der Waals surface area contributed by atoms with Crippen molar-refractivity contribution >= 4 is 29.2 Å². The lowest BCUT2D eigenvalue weighted by Crippen LogP contribution is -2.05. The van der Waals surface area contributed by atoms with E-state index in [2.05, 4.69) is 0 Å². The molecule has 0 saturated heterocycles. The summed E-state index contributed by atoms with van der Waals surface area (Å²) in [5, 5.41) is 0.860. The highest BCUT2D eigenvalue weighted by molar-refractivity contribution is 6.35. The zero-order chi connectivity index (χ0) is 13.8. The van der Waals surface area contributed by atoms with Crippen LogP contribution < -0.4 is 0 Å². The van der Waals surface area contributed by atoms with Gasteiger partial charge in [0.1, 0.15) is 12.4 Å². The largest absolute Gasteiger partial charge is 0.457 e. The van der Waals surface area contributed by atoms with Crippen molar-refractivity contribution in [2.75, 3.05) is 0 Å². The molecule has 0 unspecified atom stereocenters. The van der Waals surface area contributed by atoms with Crippen LogP contribution in [0.5, 0.6) is 0 Å². The van der Waals surface area contributed by atoms with E-state index in [0.717, 1.165) is 0 Å². The fourth-order valence-corrected chi connectivity index (χ4v) is 1.98. The van der Waals surface area contributed by atoms with Gasteiger partial charge in [0.25, 0.3) is 0 Å². The maximum atomic E-state index is 12.7. The van der Waals surface area contributed by atoms with Crippen molar-refractivity contribution in [1.82, 2.24) is 0 Å². The number of carbonyl (C=O) groups is 1. The molecule has 0 fully saturated rings. The van der Waals surface area contributed by atoms with Crippen molar-refractivity contribution in [2.24, 2.45) is 0 Å². The molecule has 98 valence electrons. The van der Waals surface area contributed by atoms with Crippen LogP contribution in [0.3, 0.4) is 0 Å². The van der Waals surface area contributed by atoms with E-state index in [4.69, 9.17) is 27.9 Å². The summed E-state index contributed by atoms with van der Waals surface area (Å²) in [5.74, 6) is -0.971. The Bertz CT molecular complexity index is 577. The predicted octanol–water partition coefficient (Wildman–Crippen LogP) is 4.49. The highest BCUT2D eigenvalue weighted by atomic mass is 35.5. The summed E-state index contributed by atoms with van der Waals surface area (Å²) in [6.45, 7) is -0.0330. The molecule has 2 nitrogen and oxygen atoms in total. The van der Waals surface area contributed by atoms with Gasteiger partial charge in [0, 0.05) is 15.6 Å². The first-order valence-corrected chi connectivity index (χ1v) is 6.19. The van der Waals surface area contributed by atoms with E-state index in [1.165, 1.54) is 24.3 Å². The molecule has 5 heteroatoms. The first-order chi connectivity index (χ1) is 9.08. The Balaban J connectivity index is 2.06. The van der Waals surface area contributed by atoms with Crippen LogP contribution in [0.15, 0.2) is 42.5 Å². The van der Waals surface area contributed by atoms with Gasteiger partial charge in [-0.25, -0.2) is 9.18 Å². The molecule has 0 aliphatic rings. The second-order valence-corrected chi connectivity index (χ2v) is 4.60. The van der Waals surface area contributed by atoms with Crippen molar-refractivity contribution in [2.45, 2.75) is 6.61 Å². The summed E-state index contributed by atoms with van der Waals surface area (Å²) < 4.78 is 17.8. The van der Waals surface area contributed by atoms with Gasteiger partial charge in [0.2, 0.25) is 0 Å². The van der Waals surface area contributed by atoms with Gasteiger partial charge in [0.15, 0.2) is 0 Å². The Morgan fingerprint density at radius 1 is 1.05 bits per heavy atom. The lowest BCUT2D eigenvalue weighted by atomic mass is 10.2. The molecule has 2 aromatic rings. The molecule has 0 heterocycles. The molecule has 0 N–H and O–H groups in total. The number of benzene rings is 2. The van der Waals surface area contributed by atoms with Gasteiger partial charge in [-0.3, -0.25) is 0 Å². The Kier molecular flexibility index (Phi) is 4.40. The third-order valence-electron chi connectivity index (χ3n) is 2.49. The maximum Gasteiger partial charge on any atom is 0.338 e. The van der Waals surface area contributed by atoms with E-state index in [-0.39, 0.29) is 12.2 Å². The topological polar surface area (TPSA) is 26.3 Å². The molecule has 0 atom stereocenters. The summed E-state index contributed by atoms with van der Waals surface area (Å²) in [5.41, 5.74) is 0.811. The van der Waals surface area contributed by atoms with Gasteiger partial charge in [-0.05, 0) is 36.4 Å². The standard InChI is InChI=1S/C14H9Cl2FO2/c15-12-2-1-3-13(16)11(12)8-19-14(18)9-4-6-10(17)7-5-9/h1-7H,8H2. The summed E-state index contributed by atoms with van der Waals surface area (Å²) in [4.78, 5) is 11.7. The van der Waals surface area contributed by atoms with Crippen LogP contribution in [0, 0.1) is 5.82 Å². The number of carbonyl (C=O) groups excluding carboxylic acids is 1. The smallest absolute Gasteiger partial charge is 0.338 e. The number of hydrogen-bond donors (Lipinski definition) is 0. The van der Waals surface area contributed by atoms with Crippen LogP contribution in [-0.2, 0) is 11.3 Å². The van der Waals surface area contributed by atoms with Crippen molar-refractivity contribution < 1.29 is 13.9 Å². The minimum absolute atomic E-state index is 0.0330. The van der Waals surface area contributed by atoms with Crippen LogP contribution in [0.2, 0.25) is 10.0 Å². The molecular weight excluding hydrogens is 290 g/mol. The molecule has 0 bridgehead atoms. The number of ether oxygens (including phenoxy) is 1. The molecular formula is C14H9Cl2FO2. The lowest BCUT2D eigenvalue weighted by molar-refractivity contribution is 0.0473. The van der Waals surface area contributed by atoms with Gasteiger partial charge in [-0.15, -0.1) is 0 Å². The molecule has 0 saturated carbocycles.